The first-order valence-corrected chi connectivity index (χ1v) is 13.9. The van der Waals surface area contributed by atoms with E-state index >= 15 is 0 Å². The molecule has 0 aliphatic carbocycles. The molecule has 0 bridgehead atoms. The van der Waals surface area contributed by atoms with Gasteiger partial charge in [-0.2, -0.15) is 0 Å². The van der Waals surface area contributed by atoms with Crippen molar-refractivity contribution in [3.05, 3.63) is 120 Å². The van der Waals surface area contributed by atoms with E-state index in [0.717, 1.165) is 0 Å². The van der Waals surface area contributed by atoms with Crippen LogP contribution < -0.4 is 0 Å². The lowest BCUT2D eigenvalue weighted by Gasteiger charge is -2.17. The molecule has 0 fully saturated rings. The molecule has 0 saturated heterocycles. The summed E-state index contributed by atoms with van der Waals surface area (Å²) in [7, 11) is 0. The van der Waals surface area contributed by atoms with Crippen LogP contribution in [0.2, 0.25) is 0 Å². The van der Waals surface area contributed by atoms with Crippen molar-refractivity contribution in [2.24, 2.45) is 0 Å². The molecule has 0 saturated carbocycles. The van der Waals surface area contributed by atoms with Gasteiger partial charge in [0.2, 0.25) is 0 Å². The fourth-order valence-corrected chi connectivity index (χ4v) is 7.31. The molecule has 36 heavy (non-hydrogen) atoms. The quantitative estimate of drug-likeness (QED) is 0.211. The van der Waals surface area contributed by atoms with Crippen LogP contribution in [0, 0.1) is 0 Å². The molecule has 0 spiro atoms. The maximum atomic E-state index is 2.41. The van der Waals surface area contributed by atoms with Gasteiger partial charge >= 0.3 is 0 Å². The standard InChI is InChI=1S/C34H20S2/c1-3-9-27-23(7-1)24-8-2-4-10-28(24)34-30-20-22(32-12-6-18-36-32)14-16-26(30)25-15-13-21(19-29(25)33(27)34)31-11-5-17-35-31/h1-20H. The fourth-order valence-electron chi connectivity index (χ4n) is 5.86. The molecule has 0 N–H and O–H groups in total. The lowest BCUT2D eigenvalue weighted by molar-refractivity contribution is 1.76. The molecule has 2 heterocycles. The number of rotatable bonds is 2. The predicted molar refractivity (Wildman–Crippen MR) is 161 cm³/mol. The van der Waals surface area contributed by atoms with E-state index in [1.165, 1.54) is 74.7 Å². The first kappa shape index (κ1) is 20.2. The second-order valence-electron chi connectivity index (χ2n) is 9.32. The molecular weight excluding hydrogens is 473 g/mol. The zero-order valence-corrected chi connectivity index (χ0v) is 21.0. The van der Waals surface area contributed by atoms with Crippen LogP contribution in [0.3, 0.4) is 0 Å². The summed E-state index contributed by atoms with van der Waals surface area (Å²) < 4.78 is 0. The summed E-state index contributed by atoms with van der Waals surface area (Å²) in [6.45, 7) is 0. The molecule has 2 heteroatoms. The molecule has 0 aliphatic rings. The van der Waals surface area contributed by atoms with Gasteiger partial charge in [0, 0.05) is 9.75 Å². The van der Waals surface area contributed by atoms with Crippen molar-refractivity contribution < 1.29 is 0 Å². The van der Waals surface area contributed by atoms with E-state index in [9.17, 15) is 0 Å². The Morgan fingerprint density at radius 1 is 0.333 bits per heavy atom. The summed E-state index contributed by atoms with van der Waals surface area (Å²) in [6, 6.07) is 40.6. The minimum Gasteiger partial charge on any atom is -0.144 e. The van der Waals surface area contributed by atoms with E-state index in [-0.39, 0.29) is 0 Å². The number of fused-ring (bicyclic) bond motifs is 11. The summed E-state index contributed by atoms with van der Waals surface area (Å²) in [5.74, 6) is 0. The van der Waals surface area contributed by atoms with Crippen LogP contribution in [-0.4, -0.2) is 0 Å². The van der Waals surface area contributed by atoms with Gasteiger partial charge in [-0.25, -0.2) is 0 Å². The van der Waals surface area contributed by atoms with E-state index in [2.05, 4.69) is 120 Å². The molecule has 8 aromatic rings. The van der Waals surface area contributed by atoms with Gasteiger partial charge in [0.15, 0.2) is 0 Å². The van der Waals surface area contributed by atoms with Crippen LogP contribution in [-0.2, 0) is 0 Å². The molecule has 0 aliphatic heterocycles. The van der Waals surface area contributed by atoms with Crippen LogP contribution in [0.25, 0.3) is 74.7 Å². The van der Waals surface area contributed by atoms with Crippen LogP contribution >= 0.6 is 22.7 Å². The molecule has 8 rings (SSSR count). The Bertz CT molecular complexity index is 1930. The van der Waals surface area contributed by atoms with Gasteiger partial charge in [-0.1, -0.05) is 84.9 Å². The second kappa shape index (κ2) is 7.76. The summed E-state index contributed by atoms with van der Waals surface area (Å²) in [5.41, 5.74) is 2.57. The molecular formula is C34H20S2. The third-order valence-electron chi connectivity index (χ3n) is 7.41. The SMILES string of the molecule is c1csc(-c2ccc3c4ccc(-c5cccs5)cc4c4c5ccccc5c5ccccc5c4c3c2)c1. The lowest BCUT2D eigenvalue weighted by atomic mass is 9.86. The molecule has 0 nitrogen and oxygen atoms in total. The van der Waals surface area contributed by atoms with Gasteiger partial charge in [-0.15, -0.1) is 22.7 Å². The van der Waals surface area contributed by atoms with E-state index < -0.39 is 0 Å². The predicted octanol–water partition coefficient (Wildman–Crippen LogP) is 10.9. The molecule has 168 valence electrons. The normalized spacial score (nSPS) is 11.9. The van der Waals surface area contributed by atoms with Crippen LogP contribution in [0.4, 0.5) is 0 Å². The molecule has 2 aromatic heterocycles. The topological polar surface area (TPSA) is 0 Å². The summed E-state index contributed by atoms with van der Waals surface area (Å²) in [5, 5.41) is 17.6. The number of hydrogen-bond acceptors (Lipinski definition) is 2. The van der Waals surface area contributed by atoms with Crippen molar-refractivity contribution in [2.75, 3.05) is 0 Å². The maximum absolute atomic E-state index is 2.41. The third kappa shape index (κ3) is 2.86. The van der Waals surface area contributed by atoms with Gasteiger partial charge in [0.1, 0.15) is 0 Å². The van der Waals surface area contributed by atoms with Crippen molar-refractivity contribution in [3.63, 3.8) is 0 Å². The highest BCUT2D eigenvalue weighted by molar-refractivity contribution is 7.13. The van der Waals surface area contributed by atoms with Gasteiger partial charge in [-0.3, -0.25) is 0 Å². The van der Waals surface area contributed by atoms with Crippen molar-refractivity contribution in [2.45, 2.75) is 0 Å². The minimum absolute atomic E-state index is 1.28. The zero-order chi connectivity index (χ0) is 23.6. The number of thiophene rings is 2. The summed E-state index contributed by atoms with van der Waals surface area (Å²) in [6.07, 6.45) is 0. The van der Waals surface area contributed by atoms with Crippen LogP contribution in [0.5, 0.6) is 0 Å². The number of hydrogen-bond donors (Lipinski definition) is 0. The van der Waals surface area contributed by atoms with Gasteiger partial charge in [0.25, 0.3) is 0 Å². The second-order valence-corrected chi connectivity index (χ2v) is 11.2. The zero-order valence-electron chi connectivity index (χ0n) is 19.4. The van der Waals surface area contributed by atoms with Gasteiger partial charge in [0.05, 0.1) is 0 Å². The molecule has 0 radical (unpaired) electrons. The molecule has 0 unspecified atom stereocenters. The van der Waals surface area contributed by atoms with Crippen molar-refractivity contribution in [1.29, 1.82) is 0 Å². The third-order valence-corrected chi connectivity index (χ3v) is 9.25. The molecule has 6 aromatic carbocycles. The van der Waals surface area contributed by atoms with E-state index in [4.69, 9.17) is 0 Å². The average Bonchev–Trinajstić information content (AvgIpc) is 3.67. The Labute approximate surface area is 216 Å². The van der Waals surface area contributed by atoms with Crippen LogP contribution in [0.1, 0.15) is 0 Å². The average molecular weight is 493 g/mol. The van der Waals surface area contributed by atoms with E-state index in [1.54, 1.807) is 22.7 Å². The minimum atomic E-state index is 1.28. The fraction of sp³-hybridized carbons (Fsp3) is 0. The Balaban J connectivity index is 1.67. The largest absolute Gasteiger partial charge is 0.144 e. The highest BCUT2D eigenvalue weighted by atomic mass is 32.1. The highest BCUT2D eigenvalue weighted by Gasteiger charge is 2.17. The monoisotopic (exact) mass is 492 g/mol. The number of benzene rings is 6. The maximum Gasteiger partial charge on any atom is 0.0342 e. The van der Waals surface area contributed by atoms with Crippen molar-refractivity contribution in [1.82, 2.24) is 0 Å². The van der Waals surface area contributed by atoms with Crippen LogP contribution in [0.15, 0.2) is 120 Å². The summed E-state index contributed by atoms with van der Waals surface area (Å²) in [4.78, 5) is 2.62. The first-order chi connectivity index (χ1) is 17.9. The van der Waals surface area contributed by atoms with Gasteiger partial charge < -0.3 is 0 Å². The smallest absolute Gasteiger partial charge is 0.0342 e. The Morgan fingerprint density at radius 2 is 0.750 bits per heavy atom. The Hall–Kier alpha value is -3.98. The van der Waals surface area contributed by atoms with Gasteiger partial charge in [-0.05, 0) is 100 Å². The first-order valence-electron chi connectivity index (χ1n) is 12.2. The van der Waals surface area contributed by atoms with E-state index in [0.29, 0.717) is 0 Å². The molecule has 0 atom stereocenters. The summed E-state index contributed by atoms with van der Waals surface area (Å²) >= 11 is 3.60. The van der Waals surface area contributed by atoms with Crippen molar-refractivity contribution >= 4 is 76.5 Å². The van der Waals surface area contributed by atoms with Crippen molar-refractivity contribution in [3.8, 4) is 20.9 Å². The Kier molecular flexibility index (Phi) is 4.36. The lowest BCUT2D eigenvalue weighted by Crippen LogP contribution is -1.89. The van der Waals surface area contributed by atoms with E-state index in [1.807, 2.05) is 0 Å². The molecule has 0 amide bonds. The highest BCUT2D eigenvalue weighted by Crippen LogP contribution is 2.45. The Morgan fingerprint density at radius 3 is 1.17 bits per heavy atom.